The van der Waals surface area contributed by atoms with E-state index in [1.165, 1.54) is 12.1 Å². The molecule has 5 nitrogen and oxygen atoms in total. The number of aromatic nitrogens is 1. The zero-order valence-electron chi connectivity index (χ0n) is 14.0. The molecule has 1 aromatic carbocycles. The number of hydrogen-bond acceptors (Lipinski definition) is 4. The van der Waals surface area contributed by atoms with Crippen LogP contribution >= 0.6 is 11.3 Å². The highest BCUT2D eigenvalue weighted by molar-refractivity contribution is 7.09. The molecule has 0 saturated carbocycles. The fraction of sp³-hybridized carbons (Fsp3) is 0.389. The van der Waals surface area contributed by atoms with E-state index in [0.717, 1.165) is 16.1 Å². The van der Waals surface area contributed by atoms with Gasteiger partial charge >= 0.3 is 0 Å². The molecule has 1 N–H and O–H groups in total. The van der Waals surface area contributed by atoms with Gasteiger partial charge in [-0.25, -0.2) is 9.37 Å². The van der Waals surface area contributed by atoms with Gasteiger partial charge in [-0.2, -0.15) is 0 Å². The maximum absolute atomic E-state index is 13.3. The van der Waals surface area contributed by atoms with Crippen molar-refractivity contribution in [3.63, 3.8) is 0 Å². The van der Waals surface area contributed by atoms with Crippen LogP contribution in [0.3, 0.4) is 0 Å². The van der Waals surface area contributed by atoms with Crippen LogP contribution in [0.1, 0.15) is 29.0 Å². The summed E-state index contributed by atoms with van der Waals surface area (Å²) in [7, 11) is 0. The first-order valence-electron chi connectivity index (χ1n) is 8.22. The number of nitrogens with one attached hydrogen (secondary N) is 1. The van der Waals surface area contributed by atoms with E-state index in [-0.39, 0.29) is 23.7 Å². The van der Waals surface area contributed by atoms with Crippen LogP contribution in [0.2, 0.25) is 0 Å². The van der Waals surface area contributed by atoms with Gasteiger partial charge in [0.05, 0.1) is 17.2 Å². The fourth-order valence-electron chi connectivity index (χ4n) is 2.97. The maximum atomic E-state index is 13.3. The van der Waals surface area contributed by atoms with Crippen LogP contribution in [0.25, 0.3) is 0 Å². The van der Waals surface area contributed by atoms with Crippen LogP contribution in [-0.4, -0.2) is 34.3 Å². The summed E-state index contributed by atoms with van der Waals surface area (Å²) in [6.45, 7) is 2.76. The Bertz CT molecular complexity index is 777. The van der Waals surface area contributed by atoms with Gasteiger partial charge in [-0.3, -0.25) is 9.59 Å². The van der Waals surface area contributed by atoms with Crippen molar-refractivity contribution < 1.29 is 14.0 Å². The van der Waals surface area contributed by atoms with Crippen LogP contribution in [0.4, 0.5) is 4.39 Å². The lowest BCUT2D eigenvalue weighted by Gasteiger charge is -2.17. The van der Waals surface area contributed by atoms with Crippen LogP contribution in [0.15, 0.2) is 29.8 Å². The number of amides is 2. The minimum Gasteiger partial charge on any atom is -0.351 e. The second-order valence-corrected chi connectivity index (χ2v) is 7.17. The van der Waals surface area contributed by atoms with E-state index in [4.69, 9.17) is 0 Å². The van der Waals surface area contributed by atoms with E-state index in [0.29, 0.717) is 32.4 Å². The first-order chi connectivity index (χ1) is 12.0. The number of carbonyl (C=O) groups excluding carboxylic acids is 2. The Morgan fingerprint density at radius 3 is 3.04 bits per heavy atom. The molecule has 1 fully saturated rings. The van der Waals surface area contributed by atoms with Crippen molar-refractivity contribution in [2.75, 3.05) is 6.54 Å². The summed E-state index contributed by atoms with van der Waals surface area (Å²) in [5, 5.41) is 2.93. The Balaban J connectivity index is 1.48. The molecule has 1 aliphatic heterocycles. The highest BCUT2D eigenvalue weighted by Crippen LogP contribution is 2.17. The van der Waals surface area contributed by atoms with Crippen LogP contribution in [-0.2, 0) is 22.6 Å². The number of aryl methyl sites for hydroxylation is 2. The van der Waals surface area contributed by atoms with E-state index < -0.39 is 0 Å². The SMILES string of the molecule is Cc1ncsc1CCC(=O)NC1CC(=O)N(Cc2cccc(F)c2)C1. The summed E-state index contributed by atoms with van der Waals surface area (Å²) >= 11 is 1.55. The highest BCUT2D eigenvalue weighted by Gasteiger charge is 2.30. The lowest BCUT2D eigenvalue weighted by molar-refractivity contribution is -0.128. The molecule has 0 spiro atoms. The number of thiazole rings is 1. The maximum Gasteiger partial charge on any atom is 0.225 e. The topological polar surface area (TPSA) is 62.3 Å². The first-order valence-corrected chi connectivity index (χ1v) is 9.10. The molecule has 0 aliphatic carbocycles. The molecule has 2 aromatic rings. The van der Waals surface area contributed by atoms with Gasteiger partial charge in [0.25, 0.3) is 0 Å². The number of nitrogens with zero attached hydrogens (tertiary/aromatic N) is 2. The molecule has 1 saturated heterocycles. The van der Waals surface area contributed by atoms with Gasteiger partial charge < -0.3 is 10.2 Å². The van der Waals surface area contributed by atoms with E-state index >= 15 is 0 Å². The van der Waals surface area contributed by atoms with Gasteiger partial charge in [-0.15, -0.1) is 11.3 Å². The predicted octanol–water partition coefficient (Wildman–Crippen LogP) is 2.44. The van der Waals surface area contributed by atoms with Crippen LogP contribution < -0.4 is 5.32 Å². The van der Waals surface area contributed by atoms with E-state index in [9.17, 15) is 14.0 Å². The van der Waals surface area contributed by atoms with E-state index in [1.807, 2.05) is 6.92 Å². The summed E-state index contributed by atoms with van der Waals surface area (Å²) < 4.78 is 13.3. The molecule has 3 rings (SSSR count). The standard InChI is InChI=1S/C18H20FN3O2S/c1-12-16(25-11-20-12)5-6-17(23)21-15-8-18(24)22(10-15)9-13-3-2-4-14(19)7-13/h2-4,7,11,15H,5-6,8-10H2,1H3,(H,21,23). The number of rotatable bonds is 6. The molecule has 25 heavy (non-hydrogen) atoms. The Morgan fingerprint density at radius 2 is 2.32 bits per heavy atom. The normalized spacial score (nSPS) is 17.1. The van der Waals surface area contributed by atoms with Gasteiger partial charge in [0, 0.05) is 30.8 Å². The quantitative estimate of drug-likeness (QED) is 0.860. The van der Waals surface area contributed by atoms with Gasteiger partial charge in [0.1, 0.15) is 5.82 Å². The molecule has 1 unspecified atom stereocenters. The lowest BCUT2D eigenvalue weighted by atomic mass is 10.2. The van der Waals surface area contributed by atoms with Crippen molar-refractivity contribution in [3.05, 3.63) is 51.7 Å². The fourth-order valence-corrected chi connectivity index (χ4v) is 3.75. The molecule has 2 heterocycles. The summed E-state index contributed by atoms with van der Waals surface area (Å²) in [5.41, 5.74) is 3.50. The molecule has 1 aromatic heterocycles. The van der Waals surface area contributed by atoms with Gasteiger partial charge in [-0.1, -0.05) is 12.1 Å². The predicted molar refractivity (Wildman–Crippen MR) is 93.5 cm³/mol. The van der Waals surface area contributed by atoms with E-state index in [2.05, 4.69) is 10.3 Å². The van der Waals surface area contributed by atoms with Crippen molar-refractivity contribution in [1.29, 1.82) is 0 Å². The third-order valence-corrected chi connectivity index (χ3v) is 5.26. The zero-order valence-corrected chi connectivity index (χ0v) is 14.8. The average molecular weight is 361 g/mol. The summed E-state index contributed by atoms with van der Waals surface area (Å²) in [6, 6.07) is 6.04. The summed E-state index contributed by atoms with van der Waals surface area (Å²) in [6.07, 6.45) is 1.34. The second-order valence-electron chi connectivity index (χ2n) is 6.23. The summed E-state index contributed by atoms with van der Waals surface area (Å²) in [5.74, 6) is -0.390. The number of likely N-dealkylation sites (tertiary alicyclic amines) is 1. The second kappa shape index (κ2) is 7.74. The van der Waals surface area contributed by atoms with Crippen molar-refractivity contribution in [3.8, 4) is 0 Å². The number of carbonyl (C=O) groups is 2. The molecule has 1 aliphatic rings. The Labute approximate surface area is 149 Å². The van der Waals surface area contributed by atoms with Crippen molar-refractivity contribution in [2.45, 2.75) is 38.8 Å². The Kier molecular flexibility index (Phi) is 5.43. The number of benzene rings is 1. The Morgan fingerprint density at radius 1 is 1.48 bits per heavy atom. The highest BCUT2D eigenvalue weighted by atomic mass is 32.1. The summed E-state index contributed by atoms with van der Waals surface area (Å²) in [4.78, 5) is 31.2. The van der Waals surface area contributed by atoms with Gasteiger partial charge in [-0.05, 0) is 31.0 Å². The van der Waals surface area contributed by atoms with Gasteiger partial charge in [0.2, 0.25) is 11.8 Å². The minimum atomic E-state index is -0.313. The molecule has 0 radical (unpaired) electrons. The van der Waals surface area contributed by atoms with Crippen molar-refractivity contribution in [1.82, 2.24) is 15.2 Å². The molecular weight excluding hydrogens is 341 g/mol. The third-order valence-electron chi connectivity index (χ3n) is 4.27. The smallest absolute Gasteiger partial charge is 0.225 e. The zero-order chi connectivity index (χ0) is 17.8. The van der Waals surface area contributed by atoms with Crippen molar-refractivity contribution in [2.24, 2.45) is 0 Å². The Hall–Kier alpha value is -2.28. The van der Waals surface area contributed by atoms with Crippen molar-refractivity contribution >= 4 is 23.2 Å². The van der Waals surface area contributed by atoms with Crippen LogP contribution in [0.5, 0.6) is 0 Å². The molecule has 1 atom stereocenters. The largest absolute Gasteiger partial charge is 0.351 e. The lowest BCUT2D eigenvalue weighted by Crippen LogP contribution is -2.37. The molecule has 0 bridgehead atoms. The average Bonchev–Trinajstić information content (AvgIpc) is 3.11. The molecule has 7 heteroatoms. The van der Waals surface area contributed by atoms with Crippen LogP contribution in [0, 0.1) is 12.7 Å². The number of hydrogen-bond donors (Lipinski definition) is 1. The minimum absolute atomic E-state index is 0.0205. The van der Waals surface area contributed by atoms with Gasteiger partial charge in [0.15, 0.2) is 0 Å². The molecule has 132 valence electrons. The monoisotopic (exact) mass is 361 g/mol. The van der Waals surface area contributed by atoms with E-state index in [1.54, 1.807) is 33.9 Å². The number of halogens is 1. The molecular formula is C18H20FN3O2S. The third kappa shape index (κ3) is 4.63. The molecule has 2 amide bonds. The first kappa shape index (κ1) is 17.5.